The third kappa shape index (κ3) is 41.4. The standard InChI is InChI=1S/C45H82NO7P/c1-6-8-10-12-14-16-18-20-22-23-24-26-28-30-32-34-36-38-45(47)53-44(43-52-54(48,49)51-41-39-46(3,4)5)42-50-40-37-35-33-31-29-27-25-21-19-17-15-13-11-9-7-2/h8,10,14,16,19-22,24,26,44H,6-7,9,11-13,15,17-18,23,25,27-43H2,1-5H3/b10-8-,16-14-,21-19-,22-20-,26-24-. The lowest BCUT2D eigenvalue weighted by atomic mass is 10.1. The first-order chi connectivity index (χ1) is 26.1. The fraction of sp³-hybridized carbons (Fsp3) is 0.756. The number of rotatable bonds is 39. The van der Waals surface area contributed by atoms with Crippen LogP contribution in [0.2, 0.25) is 0 Å². The number of ether oxygens (including phenoxy) is 2. The highest BCUT2D eigenvalue weighted by Gasteiger charge is 2.20. The Bertz CT molecular complexity index is 1050. The van der Waals surface area contributed by atoms with Crippen LogP contribution in [0.3, 0.4) is 0 Å². The SMILES string of the molecule is CC/C=C\C/C=C\C/C=C\C/C=C\CCCCCCC(=O)OC(COCCCCCCCC/C=C\CCCCCCC)COP(=O)([O-])OCC[N+](C)(C)C. The third-order valence-electron chi connectivity index (χ3n) is 8.80. The Morgan fingerprint density at radius 3 is 1.63 bits per heavy atom. The first-order valence-electron chi connectivity index (χ1n) is 21.5. The maximum absolute atomic E-state index is 12.7. The predicted molar refractivity (Wildman–Crippen MR) is 226 cm³/mol. The van der Waals surface area contributed by atoms with Gasteiger partial charge < -0.3 is 27.9 Å². The molecule has 0 heterocycles. The maximum atomic E-state index is 12.7. The van der Waals surface area contributed by atoms with Gasteiger partial charge in [-0.2, -0.15) is 0 Å². The van der Waals surface area contributed by atoms with Crippen LogP contribution in [-0.4, -0.2) is 70.7 Å². The van der Waals surface area contributed by atoms with Gasteiger partial charge in [0.2, 0.25) is 0 Å². The summed E-state index contributed by atoms with van der Waals surface area (Å²) in [5, 5.41) is 0. The minimum absolute atomic E-state index is 0.0173. The van der Waals surface area contributed by atoms with Gasteiger partial charge in [-0.05, 0) is 77.0 Å². The zero-order valence-corrected chi connectivity index (χ0v) is 36.3. The van der Waals surface area contributed by atoms with Crippen molar-refractivity contribution in [3.8, 4) is 0 Å². The molecule has 8 nitrogen and oxygen atoms in total. The van der Waals surface area contributed by atoms with Crippen LogP contribution in [0.15, 0.2) is 60.8 Å². The second-order valence-corrected chi connectivity index (χ2v) is 16.7. The molecule has 0 fully saturated rings. The average molecular weight is 780 g/mol. The number of hydrogen-bond acceptors (Lipinski definition) is 7. The summed E-state index contributed by atoms with van der Waals surface area (Å²) in [6.45, 7) is 5.23. The van der Waals surface area contributed by atoms with Crippen LogP contribution in [0.25, 0.3) is 0 Å². The molecular weight excluding hydrogens is 697 g/mol. The van der Waals surface area contributed by atoms with Crippen LogP contribution in [0, 0.1) is 0 Å². The number of quaternary nitrogens is 1. The van der Waals surface area contributed by atoms with E-state index in [0.29, 0.717) is 17.6 Å². The zero-order chi connectivity index (χ0) is 39.9. The van der Waals surface area contributed by atoms with Crippen molar-refractivity contribution in [2.75, 3.05) is 54.1 Å². The zero-order valence-electron chi connectivity index (χ0n) is 35.4. The number of carbonyl (C=O) groups is 1. The molecule has 2 unspecified atom stereocenters. The van der Waals surface area contributed by atoms with Crippen molar-refractivity contribution in [2.45, 2.75) is 168 Å². The number of likely N-dealkylation sites (N-methyl/N-ethyl adjacent to an activating group) is 1. The smallest absolute Gasteiger partial charge is 0.306 e. The molecule has 0 aliphatic rings. The van der Waals surface area contributed by atoms with Gasteiger partial charge in [-0.1, -0.05) is 139 Å². The van der Waals surface area contributed by atoms with Gasteiger partial charge in [-0.3, -0.25) is 9.36 Å². The van der Waals surface area contributed by atoms with Crippen molar-refractivity contribution in [1.82, 2.24) is 0 Å². The van der Waals surface area contributed by atoms with Gasteiger partial charge in [0, 0.05) is 13.0 Å². The number of carbonyl (C=O) groups excluding carboxylic acids is 1. The predicted octanol–water partition coefficient (Wildman–Crippen LogP) is 11.9. The van der Waals surface area contributed by atoms with E-state index < -0.39 is 13.9 Å². The van der Waals surface area contributed by atoms with Crippen molar-refractivity contribution in [3.63, 3.8) is 0 Å². The fourth-order valence-electron chi connectivity index (χ4n) is 5.47. The molecule has 9 heteroatoms. The van der Waals surface area contributed by atoms with Gasteiger partial charge in [0.15, 0.2) is 0 Å². The number of phosphoric acid groups is 1. The molecule has 0 aromatic heterocycles. The van der Waals surface area contributed by atoms with E-state index in [2.05, 4.69) is 74.6 Å². The van der Waals surface area contributed by atoms with Crippen LogP contribution < -0.4 is 4.89 Å². The summed E-state index contributed by atoms with van der Waals surface area (Å²) in [6.07, 6.45) is 46.6. The average Bonchev–Trinajstić information content (AvgIpc) is 3.12. The van der Waals surface area contributed by atoms with Crippen molar-refractivity contribution < 1.29 is 37.3 Å². The summed E-state index contributed by atoms with van der Waals surface area (Å²) < 4.78 is 34.5. The molecule has 0 aromatic rings. The van der Waals surface area contributed by atoms with Crippen molar-refractivity contribution >= 4 is 13.8 Å². The normalized spacial score (nSPS) is 14.4. The van der Waals surface area contributed by atoms with E-state index in [-0.39, 0.29) is 32.2 Å². The van der Waals surface area contributed by atoms with Crippen molar-refractivity contribution in [1.29, 1.82) is 0 Å². The van der Waals surface area contributed by atoms with Gasteiger partial charge in [-0.25, -0.2) is 0 Å². The topological polar surface area (TPSA) is 94.1 Å². The number of phosphoric ester groups is 1. The Hall–Kier alpha value is -1.80. The molecular formula is C45H82NO7P. The Labute approximate surface area is 332 Å². The Balaban J connectivity index is 4.32. The van der Waals surface area contributed by atoms with Crippen LogP contribution >= 0.6 is 7.82 Å². The molecule has 0 rings (SSSR count). The number of hydrogen-bond donors (Lipinski definition) is 0. The lowest BCUT2D eigenvalue weighted by Gasteiger charge is -2.28. The van der Waals surface area contributed by atoms with Crippen molar-refractivity contribution in [2.24, 2.45) is 0 Å². The molecule has 0 spiro atoms. The maximum Gasteiger partial charge on any atom is 0.306 e. The van der Waals surface area contributed by atoms with Crippen LogP contribution in [0.1, 0.15) is 162 Å². The second kappa shape index (κ2) is 38.1. The number of allylic oxidation sites excluding steroid dienone is 10. The second-order valence-electron chi connectivity index (χ2n) is 15.3. The summed E-state index contributed by atoms with van der Waals surface area (Å²) in [4.78, 5) is 25.0. The summed E-state index contributed by atoms with van der Waals surface area (Å²) in [5.41, 5.74) is 0. The molecule has 0 aliphatic heterocycles. The van der Waals surface area contributed by atoms with E-state index in [0.717, 1.165) is 70.6 Å². The molecule has 0 aromatic carbocycles. The molecule has 0 radical (unpaired) electrons. The summed E-state index contributed by atoms with van der Waals surface area (Å²) in [6, 6.07) is 0. The highest BCUT2D eigenvalue weighted by Crippen LogP contribution is 2.38. The number of unbranched alkanes of at least 4 members (excludes halogenated alkanes) is 15. The molecule has 314 valence electrons. The summed E-state index contributed by atoms with van der Waals surface area (Å²) >= 11 is 0. The van der Waals surface area contributed by atoms with Crippen LogP contribution in [-0.2, 0) is 27.9 Å². The monoisotopic (exact) mass is 780 g/mol. The van der Waals surface area contributed by atoms with Gasteiger partial charge >= 0.3 is 5.97 Å². The third-order valence-corrected chi connectivity index (χ3v) is 9.77. The molecule has 0 bridgehead atoms. The minimum Gasteiger partial charge on any atom is -0.756 e. The first kappa shape index (κ1) is 52.2. The Morgan fingerprint density at radius 2 is 1.07 bits per heavy atom. The van der Waals surface area contributed by atoms with Gasteiger partial charge in [0.1, 0.15) is 19.3 Å². The summed E-state index contributed by atoms with van der Waals surface area (Å²) in [7, 11) is 1.33. The molecule has 0 N–H and O–H groups in total. The molecule has 0 saturated carbocycles. The molecule has 0 aliphatic carbocycles. The Morgan fingerprint density at radius 1 is 0.593 bits per heavy atom. The number of nitrogens with zero attached hydrogens (tertiary/aromatic N) is 1. The molecule has 2 atom stereocenters. The highest BCUT2D eigenvalue weighted by molar-refractivity contribution is 7.45. The van der Waals surface area contributed by atoms with Crippen molar-refractivity contribution in [3.05, 3.63) is 60.8 Å². The van der Waals surface area contributed by atoms with E-state index in [1.807, 2.05) is 21.1 Å². The van der Waals surface area contributed by atoms with Gasteiger partial charge in [0.25, 0.3) is 7.82 Å². The minimum atomic E-state index is -4.53. The Kier molecular flexibility index (Phi) is 36.8. The number of esters is 1. The van der Waals surface area contributed by atoms with E-state index in [1.165, 1.54) is 70.6 Å². The largest absolute Gasteiger partial charge is 0.756 e. The van der Waals surface area contributed by atoms with E-state index >= 15 is 0 Å². The first-order valence-corrected chi connectivity index (χ1v) is 23.0. The van der Waals surface area contributed by atoms with Crippen LogP contribution in [0.4, 0.5) is 0 Å². The fourth-order valence-corrected chi connectivity index (χ4v) is 6.20. The quantitative estimate of drug-likeness (QED) is 0.0202. The molecule has 0 amide bonds. The van der Waals surface area contributed by atoms with Gasteiger partial charge in [-0.15, -0.1) is 0 Å². The van der Waals surface area contributed by atoms with Crippen LogP contribution in [0.5, 0.6) is 0 Å². The highest BCUT2D eigenvalue weighted by atomic mass is 31.2. The summed E-state index contributed by atoms with van der Waals surface area (Å²) in [5.74, 6) is -0.361. The molecule has 54 heavy (non-hydrogen) atoms. The lowest BCUT2D eigenvalue weighted by molar-refractivity contribution is -0.870. The van der Waals surface area contributed by atoms with Gasteiger partial charge in [0.05, 0.1) is 34.4 Å². The molecule has 0 saturated heterocycles. The van der Waals surface area contributed by atoms with E-state index in [9.17, 15) is 14.3 Å². The van der Waals surface area contributed by atoms with E-state index in [1.54, 1.807) is 0 Å². The lowest BCUT2D eigenvalue weighted by Crippen LogP contribution is -2.37. The van der Waals surface area contributed by atoms with E-state index in [4.69, 9.17) is 18.5 Å².